The van der Waals surface area contributed by atoms with Crippen LogP contribution in [-0.4, -0.2) is 25.5 Å². The summed E-state index contributed by atoms with van der Waals surface area (Å²) in [5.74, 6) is 0.0974. The van der Waals surface area contributed by atoms with Gasteiger partial charge in [-0.25, -0.2) is 0 Å². The first-order chi connectivity index (χ1) is 11.8. The van der Waals surface area contributed by atoms with Crippen molar-refractivity contribution in [2.75, 3.05) is 24.5 Å². The third-order valence-electron chi connectivity index (χ3n) is 4.05. The third kappa shape index (κ3) is 3.91. The first kappa shape index (κ1) is 16.9. The summed E-state index contributed by atoms with van der Waals surface area (Å²) in [6.07, 6.45) is 2.37. The molecule has 2 aromatic rings. The van der Waals surface area contributed by atoms with Gasteiger partial charge in [0.2, 0.25) is 5.91 Å². The molecule has 3 rings (SSSR count). The van der Waals surface area contributed by atoms with E-state index in [4.69, 9.17) is 5.73 Å². The van der Waals surface area contributed by atoms with Gasteiger partial charge in [-0.1, -0.05) is 36.0 Å². The molecule has 3 N–H and O–H groups in total. The van der Waals surface area contributed by atoms with Crippen LogP contribution in [0.1, 0.15) is 19.3 Å². The van der Waals surface area contributed by atoms with E-state index in [-0.39, 0.29) is 5.91 Å². The average molecular weight is 341 g/mol. The number of nitrogens with two attached hydrogens (primary N) is 1. The molecule has 0 spiro atoms. The molecule has 2 aromatic carbocycles. The number of fused-ring (bicyclic) bond motifs is 2. The van der Waals surface area contributed by atoms with Gasteiger partial charge in [0.15, 0.2) is 0 Å². The number of carbonyl (C=O) groups is 1. The van der Waals surface area contributed by atoms with Crippen molar-refractivity contribution in [1.29, 1.82) is 0 Å². The van der Waals surface area contributed by atoms with Gasteiger partial charge in [-0.15, -0.1) is 0 Å². The Balaban J connectivity index is 1.68. The van der Waals surface area contributed by atoms with Gasteiger partial charge in [-0.2, -0.15) is 0 Å². The molecule has 1 heterocycles. The lowest BCUT2D eigenvalue weighted by molar-refractivity contribution is -0.120. The maximum Gasteiger partial charge on any atom is 0.221 e. The lowest BCUT2D eigenvalue weighted by Gasteiger charge is -2.32. The molecule has 0 atom stereocenters. The topological polar surface area (TPSA) is 58.4 Å². The molecule has 24 heavy (non-hydrogen) atoms. The molecular formula is C19H23N3OS. The van der Waals surface area contributed by atoms with E-state index in [1.54, 1.807) is 11.8 Å². The Hall–Kier alpha value is -1.98. The van der Waals surface area contributed by atoms with Crippen molar-refractivity contribution in [3.05, 3.63) is 48.5 Å². The van der Waals surface area contributed by atoms with Crippen LogP contribution in [0.2, 0.25) is 0 Å². The van der Waals surface area contributed by atoms with Crippen molar-refractivity contribution in [2.45, 2.75) is 29.1 Å². The van der Waals surface area contributed by atoms with E-state index in [1.807, 2.05) is 12.1 Å². The van der Waals surface area contributed by atoms with Crippen molar-refractivity contribution in [3.63, 3.8) is 0 Å². The number of amides is 1. The fourth-order valence-electron chi connectivity index (χ4n) is 2.82. The highest BCUT2D eigenvalue weighted by molar-refractivity contribution is 7.99. The fraction of sp³-hybridized carbons (Fsp3) is 0.316. The highest BCUT2D eigenvalue weighted by Gasteiger charge is 2.22. The second-order valence-corrected chi connectivity index (χ2v) is 6.87. The van der Waals surface area contributed by atoms with Gasteiger partial charge < -0.3 is 16.0 Å². The lowest BCUT2D eigenvalue weighted by atomic mass is 10.2. The Morgan fingerprint density at radius 2 is 1.62 bits per heavy atom. The lowest BCUT2D eigenvalue weighted by Crippen LogP contribution is -2.30. The summed E-state index contributed by atoms with van der Waals surface area (Å²) < 4.78 is 0. The predicted octanol–water partition coefficient (Wildman–Crippen LogP) is 3.53. The van der Waals surface area contributed by atoms with E-state index in [1.165, 1.54) is 21.2 Å². The van der Waals surface area contributed by atoms with Gasteiger partial charge in [0.25, 0.3) is 0 Å². The second kappa shape index (κ2) is 8.22. The number of rotatable bonds is 7. The van der Waals surface area contributed by atoms with Crippen molar-refractivity contribution < 1.29 is 4.79 Å². The molecule has 0 fully saturated rings. The molecule has 4 nitrogen and oxygen atoms in total. The molecule has 0 unspecified atom stereocenters. The summed E-state index contributed by atoms with van der Waals surface area (Å²) in [6, 6.07) is 16.7. The SMILES string of the molecule is NCCCCNC(=O)CCN1c2ccccc2Sc2ccccc21. The molecule has 5 heteroatoms. The number of para-hydroxylation sites is 2. The fourth-order valence-corrected chi connectivity index (χ4v) is 3.92. The zero-order valence-electron chi connectivity index (χ0n) is 13.7. The molecule has 0 radical (unpaired) electrons. The Morgan fingerprint density at radius 3 is 2.25 bits per heavy atom. The first-order valence-corrected chi connectivity index (χ1v) is 9.21. The summed E-state index contributed by atoms with van der Waals surface area (Å²) in [5.41, 5.74) is 7.83. The second-order valence-electron chi connectivity index (χ2n) is 5.78. The number of unbranched alkanes of at least 4 members (excludes halogenated alkanes) is 1. The Labute approximate surface area is 147 Å². The van der Waals surface area contributed by atoms with E-state index in [2.05, 4.69) is 46.6 Å². The van der Waals surface area contributed by atoms with Crippen LogP contribution in [0, 0.1) is 0 Å². The summed E-state index contributed by atoms with van der Waals surface area (Å²) in [5, 5.41) is 2.98. The van der Waals surface area contributed by atoms with E-state index in [9.17, 15) is 4.79 Å². The summed E-state index contributed by atoms with van der Waals surface area (Å²) in [6.45, 7) is 2.06. The normalized spacial score (nSPS) is 12.5. The van der Waals surface area contributed by atoms with Crippen LogP contribution in [0.3, 0.4) is 0 Å². The van der Waals surface area contributed by atoms with Crippen LogP contribution < -0.4 is 16.0 Å². The summed E-state index contributed by atoms with van der Waals surface area (Å²) >= 11 is 1.79. The van der Waals surface area contributed by atoms with Crippen molar-refractivity contribution in [2.24, 2.45) is 5.73 Å². The number of anilines is 2. The highest BCUT2D eigenvalue weighted by Crippen LogP contribution is 2.47. The number of nitrogens with one attached hydrogen (secondary N) is 1. The minimum absolute atomic E-state index is 0.0974. The Morgan fingerprint density at radius 1 is 1.00 bits per heavy atom. The van der Waals surface area contributed by atoms with Crippen LogP contribution in [0.4, 0.5) is 11.4 Å². The molecular weight excluding hydrogens is 318 g/mol. The molecule has 1 aliphatic rings. The predicted molar refractivity (Wildman–Crippen MR) is 99.9 cm³/mol. The zero-order valence-corrected chi connectivity index (χ0v) is 14.5. The molecule has 0 saturated carbocycles. The quantitative estimate of drug-likeness (QED) is 0.756. The van der Waals surface area contributed by atoms with Gasteiger partial charge in [0.05, 0.1) is 11.4 Å². The van der Waals surface area contributed by atoms with Gasteiger partial charge >= 0.3 is 0 Å². The smallest absolute Gasteiger partial charge is 0.221 e. The first-order valence-electron chi connectivity index (χ1n) is 8.40. The van der Waals surface area contributed by atoms with Crippen molar-refractivity contribution in [3.8, 4) is 0 Å². The zero-order chi connectivity index (χ0) is 16.8. The highest BCUT2D eigenvalue weighted by atomic mass is 32.2. The van der Waals surface area contributed by atoms with Gasteiger partial charge in [-0.05, 0) is 43.7 Å². The molecule has 0 saturated heterocycles. The minimum atomic E-state index is 0.0974. The van der Waals surface area contributed by atoms with Crippen molar-refractivity contribution in [1.82, 2.24) is 5.32 Å². The average Bonchev–Trinajstić information content (AvgIpc) is 2.62. The van der Waals surface area contributed by atoms with Crippen LogP contribution >= 0.6 is 11.8 Å². The minimum Gasteiger partial charge on any atom is -0.356 e. The number of benzene rings is 2. The summed E-state index contributed by atoms with van der Waals surface area (Å²) in [7, 11) is 0. The maximum atomic E-state index is 12.1. The van der Waals surface area contributed by atoms with Crippen LogP contribution in [0.25, 0.3) is 0 Å². The van der Waals surface area contributed by atoms with Crippen LogP contribution in [0.5, 0.6) is 0 Å². The van der Waals surface area contributed by atoms with E-state index >= 15 is 0 Å². The van der Waals surface area contributed by atoms with Gasteiger partial charge in [-0.3, -0.25) is 4.79 Å². The van der Waals surface area contributed by atoms with Crippen molar-refractivity contribution >= 4 is 29.0 Å². The number of carbonyl (C=O) groups excluding carboxylic acids is 1. The Kier molecular flexibility index (Phi) is 5.77. The molecule has 1 aliphatic heterocycles. The van der Waals surface area contributed by atoms with E-state index in [0.29, 0.717) is 26.1 Å². The number of hydrogen-bond donors (Lipinski definition) is 2. The molecule has 0 aromatic heterocycles. The Bertz CT molecular complexity index is 659. The largest absolute Gasteiger partial charge is 0.356 e. The monoisotopic (exact) mass is 341 g/mol. The van der Waals surface area contributed by atoms with Crippen LogP contribution in [0.15, 0.2) is 58.3 Å². The molecule has 126 valence electrons. The molecule has 1 amide bonds. The number of hydrogen-bond acceptors (Lipinski definition) is 4. The molecule has 0 bridgehead atoms. The van der Waals surface area contributed by atoms with E-state index in [0.717, 1.165) is 12.8 Å². The maximum absolute atomic E-state index is 12.1. The van der Waals surface area contributed by atoms with E-state index < -0.39 is 0 Å². The van der Waals surface area contributed by atoms with Gasteiger partial charge in [0.1, 0.15) is 0 Å². The summed E-state index contributed by atoms with van der Waals surface area (Å²) in [4.78, 5) is 16.8. The van der Waals surface area contributed by atoms with Crippen LogP contribution in [-0.2, 0) is 4.79 Å². The van der Waals surface area contributed by atoms with Gasteiger partial charge in [0, 0.05) is 29.3 Å². The standard InChI is InChI=1S/C19H23N3OS/c20-12-5-6-13-21-19(23)11-14-22-15-7-1-3-9-17(15)24-18-10-4-2-8-16(18)22/h1-4,7-10H,5-6,11-14,20H2,(H,21,23). The number of nitrogens with zero attached hydrogens (tertiary/aromatic N) is 1. The molecule has 0 aliphatic carbocycles. The third-order valence-corrected chi connectivity index (χ3v) is 5.18.